The van der Waals surface area contributed by atoms with E-state index in [2.05, 4.69) is 15.3 Å². The van der Waals surface area contributed by atoms with Gasteiger partial charge in [-0.2, -0.15) is 4.31 Å². The van der Waals surface area contributed by atoms with Gasteiger partial charge in [-0.05, 0) is 43.9 Å². The average molecular weight is 598 g/mol. The molecule has 0 aliphatic carbocycles. The van der Waals surface area contributed by atoms with E-state index in [-0.39, 0.29) is 22.0 Å². The summed E-state index contributed by atoms with van der Waals surface area (Å²) in [4.78, 5) is 13.1. The molecule has 0 unspecified atom stereocenters. The van der Waals surface area contributed by atoms with Gasteiger partial charge in [0.25, 0.3) is 5.56 Å². The van der Waals surface area contributed by atoms with Crippen molar-refractivity contribution < 1.29 is 13.5 Å². The monoisotopic (exact) mass is 597 g/mol. The number of H-pyrrole nitrogens is 1. The van der Waals surface area contributed by atoms with E-state index in [0.717, 1.165) is 24.8 Å². The third-order valence-electron chi connectivity index (χ3n) is 7.36. The minimum absolute atomic E-state index is 0.0135. The molecular weight excluding hydrogens is 562 g/mol. The number of azo groups is 1. The quantitative estimate of drug-likeness (QED) is 0.148. The van der Waals surface area contributed by atoms with Crippen LogP contribution in [0.2, 0.25) is 0 Å². The molecule has 1 aromatic heterocycles. The van der Waals surface area contributed by atoms with Crippen LogP contribution in [0.4, 0.5) is 11.4 Å². The van der Waals surface area contributed by atoms with Crippen molar-refractivity contribution in [3.8, 4) is 11.4 Å². The van der Waals surface area contributed by atoms with Gasteiger partial charge in [0.15, 0.2) is 5.69 Å². The van der Waals surface area contributed by atoms with Crippen molar-refractivity contribution in [2.75, 3.05) is 13.1 Å². The molecule has 0 fully saturated rings. The SMILES string of the molecule is CCCCN(CCCc1ccccc1)S(=O)(=O)c1cc(O)c(N=Nc2c(C)[nH]n(-c3ccccc3)c2=O)c2ccccc12. The molecule has 222 valence electrons. The fourth-order valence-electron chi connectivity index (χ4n) is 5.08. The first-order valence-electron chi connectivity index (χ1n) is 14.4. The highest BCUT2D eigenvalue weighted by atomic mass is 32.2. The molecule has 0 saturated carbocycles. The van der Waals surface area contributed by atoms with Crippen molar-refractivity contribution in [2.45, 2.75) is 44.4 Å². The normalized spacial score (nSPS) is 12.1. The molecule has 5 aromatic rings. The fraction of sp³-hybridized carbons (Fsp3) is 0.242. The molecule has 0 aliphatic heterocycles. The molecule has 4 aromatic carbocycles. The van der Waals surface area contributed by atoms with Crippen molar-refractivity contribution in [2.24, 2.45) is 10.2 Å². The predicted octanol–water partition coefficient (Wildman–Crippen LogP) is 7.17. The number of hydrogen-bond donors (Lipinski definition) is 2. The van der Waals surface area contributed by atoms with E-state index in [9.17, 15) is 18.3 Å². The summed E-state index contributed by atoms with van der Waals surface area (Å²) in [6, 6.07) is 27.2. The number of aromatic amines is 1. The zero-order valence-electron chi connectivity index (χ0n) is 24.3. The van der Waals surface area contributed by atoms with Crippen LogP contribution in [0.25, 0.3) is 16.5 Å². The summed E-state index contributed by atoms with van der Waals surface area (Å²) in [5.74, 6) is -0.336. The Bertz CT molecular complexity index is 1900. The summed E-state index contributed by atoms with van der Waals surface area (Å²) in [7, 11) is -3.96. The fourth-order valence-corrected chi connectivity index (χ4v) is 6.81. The van der Waals surface area contributed by atoms with Crippen LogP contribution in [-0.2, 0) is 16.4 Å². The lowest BCUT2D eigenvalue weighted by Gasteiger charge is -2.23. The van der Waals surface area contributed by atoms with E-state index < -0.39 is 15.6 Å². The maximum absolute atomic E-state index is 14.1. The van der Waals surface area contributed by atoms with Crippen LogP contribution in [0.1, 0.15) is 37.4 Å². The number of benzene rings is 4. The number of unbranched alkanes of at least 4 members (excludes halogenated alkanes) is 1. The maximum atomic E-state index is 14.1. The molecule has 1 heterocycles. The molecule has 5 rings (SSSR count). The number of aryl methyl sites for hydroxylation is 2. The Kier molecular flexibility index (Phi) is 9.18. The Morgan fingerprint density at radius 3 is 2.14 bits per heavy atom. The number of para-hydroxylation sites is 1. The number of nitrogens with one attached hydrogen (secondary N) is 1. The summed E-state index contributed by atoms with van der Waals surface area (Å²) in [5, 5.41) is 23.4. The van der Waals surface area contributed by atoms with Gasteiger partial charge in [-0.25, -0.2) is 13.1 Å². The number of phenolic OH excluding ortho intramolecular Hbond substituents is 1. The lowest BCUT2D eigenvalue weighted by atomic mass is 10.1. The van der Waals surface area contributed by atoms with E-state index in [0.29, 0.717) is 41.7 Å². The summed E-state index contributed by atoms with van der Waals surface area (Å²) in [5.41, 5.74) is 2.09. The first-order valence-corrected chi connectivity index (χ1v) is 15.8. The Labute approximate surface area is 251 Å². The first kappa shape index (κ1) is 29.9. The first-order chi connectivity index (χ1) is 20.8. The third-order valence-corrected chi connectivity index (χ3v) is 9.30. The van der Waals surface area contributed by atoms with Gasteiger partial charge in [-0.1, -0.05) is 86.1 Å². The van der Waals surface area contributed by atoms with E-state index in [1.165, 1.54) is 15.1 Å². The van der Waals surface area contributed by atoms with Crippen LogP contribution in [0.3, 0.4) is 0 Å². The zero-order chi connectivity index (χ0) is 30.4. The molecule has 0 saturated heterocycles. The van der Waals surface area contributed by atoms with E-state index >= 15 is 0 Å². The summed E-state index contributed by atoms with van der Waals surface area (Å²) < 4.78 is 31.0. The molecule has 0 aliphatic rings. The highest BCUT2D eigenvalue weighted by molar-refractivity contribution is 7.89. The highest BCUT2D eigenvalue weighted by Crippen LogP contribution is 2.41. The van der Waals surface area contributed by atoms with Crippen LogP contribution in [0.5, 0.6) is 5.75 Å². The van der Waals surface area contributed by atoms with E-state index in [1.54, 1.807) is 43.3 Å². The number of hydrogen-bond acceptors (Lipinski definition) is 6. The van der Waals surface area contributed by atoms with E-state index in [1.807, 2.05) is 55.5 Å². The molecule has 2 N–H and O–H groups in total. The molecule has 9 nitrogen and oxygen atoms in total. The second-order valence-electron chi connectivity index (χ2n) is 10.4. The summed E-state index contributed by atoms with van der Waals surface area (Å²) in [6.45, 7) is 4.47. The number of aromatic hydroxyl groups is 1. The Balaban J connectivity index is 1.50. The average Bonchev–Trinajstić information content (AvgIpc) is 3.31. The van der Waals surface area contributed by atoms with Crippen molar-refractivity contribution >= 4 is 32.2 Å². The van der Waals surface area contributed by atoms with Gasteiger partial charge in [0.05, 0.1) is 16.3 Å². The standard InChI is InChI=1S/C33H35N5O4S/c1-3-4-21-37(22-13-16-25-14-7-5-8-15-25)43(41,42)30-23-29(39)32(28-20-12-11-19-27(28)30)35-34-31-24(2)36-38(33(31)40)26-17-9-6-10-18-26/h5-12,14-15,17-20,23,36,39H,3-4,13,16,21-22H2,1-2H3. The second kappa shape index (κ2) is 13.2. The van der Waals surface area contributed by atoms with Crippen molar-refractivity contribution in [1.29, 1.82) is 0 Å². The van der Waals surface area contributed by atoms with Gasteiger partial charge in [0, 0.05) is 29.9 Å². The molecule has 0 atom stereocenters. The van der Waals surface area contributed by atoms with Gasteiger partial charge < -0.3 is 5.11 Å². The molecule has 0 bridgehead atoms. The number of aromatic nitrogens is 2. The number of fused-ring (bicyclic) bond motifs is 1. The highest BCUT2D eigenvalue weighted by Gasteiger charge is 2.28. The minimum atomic E-state index is -3.96. The Hall–Kier alpha value is -4.54. The zero-order valence-corrected chi connectivity index (χ0v) is 25.1. The number of rotatable bonds is 12. The van der Waals surface area contributed by atoms with Gasteiger partial charge in [0.2, 0.25) is 10.0 Å². The summed E-state index contributed by atoms with van der Waals surface area (Å²) in [6.07, 6.45) is 2.99. The smallest absolute Gasteiger partial charge is 0.299 e. The molecular formula is C33H35N5O4S. The van der Waals surface area contributed by atoms with Crippen LogP contribution < -0.4 is 5.56 Å². The molecule has 0 radical (unpaired) electrons. The van der Waals surface area contributed by atoms with Gasteiger partial charge in [-0.15, -0.1) is 10.2 Å². The molecule has 0 spiro atoms. The topological polar surface area (TPSA) is 120 Å². The van der Waals surface area contributed by atoms with E-state index in [4.69, 9.17) is 0 Å². The van der Waals surface area contributed by atoms with Crippen molar-refractivity contribution in [3.05, 3.63) is 113 Å². The van der Waals surface area contributed by atoms with Gasteiger partial charge in [-0.3, -0.25) is 9.89 Å². The number of nitrogens with zero attached hydrogens (tertiary/aromatic N) is 4. The minimum Gasteiger partial charge on any atom is -0.506 e. The lowest BCUT2D eigenvalue weighted by molar-refractivity contribution is 0.396. The van der Waals surface area contributed by atoms with Gasteiger partial charge >= 0.3 is 0 Å². The molecule has 43 heavy (non-hydrogen) atoms. The van der Waals surface area contributed by atoms with Crippen LogP contribution in [0, 0.1) is 6.92 Å². The Morgan fingerprint density at radius 2 is 1.44 bits per heavy atom. The van der Waals surface area contributed by atoms with Crippen molar-refractivity contribution in [1.82, 2.24) is 14.1 Å². The number of phenols is 1. The van der Waals surface area contributed by atoms with Gasteiger partial charge in [0.1, 0.15) is 11.4 Å². The van der Waals surface area contributed by atoms with Crippen molar-refractivity contribution in [3.63, 3.8) is 0 Å². The maximum Gasteiger partial charge on any atom is 0.299 e. The van der Waals surface area contributed by atoms with Crippen LogP contribution >= 0.6 is 0 Å². The predicted molar refractivity (Wildman–Crippen MR) is 169 cm³/mol. The third kappa shape index (κ3) is 6.45. The largest absolute Gasteiger partial charge is 0.506 e. The number of sulfonamides is 1. The summed E-state index contributed by atoms with van der Waals surface area (Å²) >= 11 is 0. The second-order valence-corrected chi connectivity index (χ2v) is 12.3. The molecule has 10 heteroatoms. The van der Waals surface area contributed by atoms with Crippen LogP contribution in [-0.4, -0.2) is 40.7 Å². The van der Waals surface area contributed by atoms with Crippen LogP contribution in [0.15, 0.2) is 111 Å². The molecule has 0 amide bonds. The lowest BCUT2D eigenvalue weighted by Crippen LogP contribution is -2.33. The Morgan fingerprint density at radius 1 is 0.837 bits per heavy atom.